The van der Waals surface area contributed by atoms with Crippen LogP contribution >= 0.6 is 11.8 Å². The van der Waals surface area contributed by atoms with Gasteiger partial charge in [0.1, 0.15) is 0 Å². The minimum atomic E-state index is 1.12. The molecule has 0 radical (unpaired) electrons. The van der Waals surface area contributed by atoms with E-state index in [-0.39, 0.29) is 0 Å². The third-order valence-electron chi connectivity index (χ3n) is 5.87. The van der Waals surface area contributed by atoms with Gasteiger partial charge < -0.3 is 10.6 Å². The molecule has 4 rings (SSSR count). The van der Waals surface area contributed by atoms with Crippen LogP contribution in [-0.2, 0) is 0 Å². The quantitative estimate of drug-likeness (QED) is 0.305. The maximum absolute atomic E-state index is 3.71. The van der Waals surface area contributed by atoms with Crippen molar-refractivity contribution in [2.24, 2.45) is 0 Å². The van der Waals surface area contributed by atoms with Crippen LogP contribution in [0.2, 0.25) is 0 Å². The molecule has 4 aromatic carbocycles. The average molecular weight is 453 g/mol. The number of aryl methyl sites for hydroxylation is 6. The van der Waals surface area contributed by atoms with E-state index in [4.69, 9.17) is 0 Å². The molecule has 0 unspecified atom stereocenters. The van der Waals surface area contributed by atoms with E-state index in [0.29, 0.717) is 0 Å². The Kier molecular flexibility index (Phi) is 6.80. The lowest BCUT2D eigenvalue weighted by Gasteiger charge is -2.19. The Balaban J connectivity index is 1.66. The zero-order valence-electron chi connectivity index (χ0n) is 20.3. The highest BCUT2D eigenvalue weighted by Crippen LogP contribution is 2.40. The molecule has 0 aliphatic heterocycles. The summed E-state index contributed by atoms with van der Waals surface area (Å²) in [4.78, 5) is 2.40. The Morgan fingerprint density at radius 2 is 0.818 bits per heavy atom. The summed E-state index contributed by atoms with van der Waals surface area (Å²) in [5, 5.41) is 7.42. The molecule has 2 nitrogen and oxygen atoms in total. The Labute approximate surface area is 202 Å². The van der Waals surface area contributed by atoms with Crippen molar-refractivity contribution in [2.75, 3.05) is 10.6 Å². The van der Waals surface area contributed by atoms with E-state index >= 15 is 0 Å². The lowest BCUT2D eigenvalue weighted by molar-refractivity contribution is 1.29. The second-order valence-electron chi connectivity index (χ2n) is 8.89. The van der Waals surface area contributed by atoms with Crippen molar-refractivity contribution in [1.82, 2.24) is 0 Å². The van der Waals surface area contributed by atoms with Gasteiger partial charge in [0.05, 0.1) is 11.4 Å². The summed E-state index contributed by atoms with van der Waals surface area (Å²) in [7, 11) is 0. The van der Waals surface area contributed by atoms with Gasteiger partial charge >= 0.3 is 0 Å². The van der Waals surface area contributed by atoms with Gasteiger partial charge in [-0.3, -0.25) is 0 Å². The van der Waals surface area contributed by atoms with E-state index in [1.54, 1.807) is 11.8 Å². The van der Waals surface area contributed by atoms with Crippen molar-refractivity contribution < 1.29 is 0 Å². The lowest BCUT2D eigenvalue weighted by Crippen LogP contribution is -1.99. The molecule has 0 atom stereocenters. The van der Waals surface area contributed by atoms with Gasteiger partial charge in [-0.2, -0.15) is 0 Å². The monoisotopic (exact) mass is 452 g/mol. The number of para-hydroxylation sites is 2. The number of rotatable bonds is 6. The van der Waals surface area contributed by atoms with Gasteiger partial charge in [-0.05, 0) is 88.1 Å². The fourth-order valence-corrected chi connectivity index (χ4v) is 5.45. The first-order chi connectivity index (χ1) is 15.8. The maximum Gasteiger partial charge on any atom is 0.0526 e. The Bertz CT molecular complexity index is 1160. The van der Waals surface area contributed by atoms with Crippen molar-refractivity contribution in [3.63, 3.8) is 0 Å². The van der Waals surface area contributed by atoms with Crippen molar-refractivity contribution in [3.05, 3.63) is 106 Å². The first kappa shape index (κ1) is 23.0. The maximum atomic E-state index is 3.71. The number of nitrogens with one attached hydrogen (secondary N) is 2. The van der Waals surface area contributed by atoms with Crippen LogP contribution in [-0.4, -0.2) is 0 Å². The highest BCUT2D eigenvalue weighted by Gasteiger charge is 2.12. The van der Waals surface area contributed by atoms with Crippen LogP contribution in [0.1, 0.15) is 33.4 Å². The Morgan fingerprint density at radius 3 is 1.18 bits per heavy atom. The highest BCUT2D eigenvalue weighted by atomic mass is 32.2. The van der Waals surface area contributed by atoms with E-state index < -0.39 is 0 Å². The van der Waals surface area contributed by atoms with Gasteiger partial charge in [-0.15, -0.1) is 0 Å². The summed E-state index contributed by atoms with van der Waals surface area (Å²) in [5.41, 5.74) is 12.3. The second kappa shape index (κ2) is 9.76. The molecule has 0 aromatic heterocycles. The van der Waals surface area contributed by atoms with Crippen LogP contribution in [0.4, 0.5) is 22.7 Å². The van der Waals surface area contributed by atoms with Gasteiger partial charge in [0.25, 0.3) is 0 Å². The molecule has 2 N–H and O–H groups in total. The zero-order chi connectivity index (χ0) is 23.5. The Morgan fingerprint density at radius 1 is 0.485 bits per heavy atom. The van der Waals surface area contributed by atoms with Gasteiger partial charge in [0.2, 0.25) is 0 Å². The second-order valence-corrected chi connectivity index (χ2v) is 9.98. The topological polar surface area (TPSA) is 24.1 Å². The molecule has 0 aliphatic carbocycles. The molecule has 0 spiro atoms. The van der Waals surface area contributed by atoms with Crippen LogP contribution in [0.25, 0.3) is 0 Å². The first-order valence-corrected chi connectivity index (χ1v) is 12.2. The SMILES string of the molecule is Cc1cc(C)c(Nc2ccccc2Sc2ccccc2Nc2c(C)cc(C)cc2C)c(C)c1. The molecule has 168 valence electrons. The average Bonchev–Trinajstić information content (AvgIpc) is 2.75. The van der Waals surface area contributed by atoms with Crippen LogP contribution < -0.4 is 10.6 Å². The normalized spacial score (nSPS) is 10.8. The van der Waals surface area contributed by atoms with Crippen molar-refractivity contribution >= 4 is 34.5 Å². The van der Waals surface area contributed by atoms with E-state index in [0.717, 1.165) is 11.4 Å². The van der Waals surface area contributed by atoms with Crippen LogP contribution in [0.3, 0.4) is 0 Å². The third-order valence-corrected chi connectivity index (χ3v) is 7.02. The summed E-state index contributed by atoms with van der Waals surface area (Å²) in [6, 6.07) is 26.0. The molecule has 0 saturated heterocycles. The first-order valence-electron chi connectivity index (χ1n) is 11.4. The summed E-state index contributed by atoms with van der Waals surface area (Å²) in [6.07, 6.45) is 0. The van der Waals surface area contributed by atoms with E-state index in [1.807, 2.05) is 0 Å². The molecule has 0 bridgehead atoms. The number of hydrogen-bond donors (Lipinski definition) is 2. The van der Waals surface area contributed by atoms with Crippen LogP contribution in [0, 0.1) is 41.5 Å². The fraction of sp³-hybridized carbons (Fsp3) is 0.200. The van der Waals surface area contributed by atoms with Gasteiger partial charge in [-0.1, -0.05) is 71.4 Å². The Hall–Kier alpha value is -3.17. The molecule has 0 fully saturated rings. The number of anilines is 4. The molecule has 3 heteroatoms. The molecular formula is C30H32N2S. The molecule has 0 amide bonds. The van der Waals surface area contributed by atoms with E-state index in [1.165, 1.54) is 54.5 Å². The van der Waals surface area contributed by atoms with Crippen LogP contribution in [0.15, 0.2) is 82.6 Å². The summed E-state index contributed by atoms with van der Waals surface area (Å²) < 4.78 is 0. The standard InChI is InChI=1S/C30H32N2S/c1-19-15-21(3)29(22(4)16-19)31-25-11-7-9-13-27(25)33-28-14-10-8-12-26(28)32-30-23(5)17-20(2)18-24(30)6/h7-18,31-32H,1-6H3. The number of benzene rings is 4. The predicted octanol–water partition coefficient (Wildman–Crippen LogP) is 9.18. The smallest absolute Gasteiger partial charge is 0.0526 e. The number of hydrogen-bond acceptors (Lipinski definition) is 3. The minimum absolute atomic E-state index is 1.12. The van der Waals surface area contributed by atoms with Crippen molar-refractivity contribution in [3.8, 4) is 0 Å². The van der Waals surface area contributed by atoms with Crippen molar-refractivity contribution in [1.29, 1.82) is 0 Å². The van der Waals surface area contributed by atoms with E-state index in [2.05, 4.69) is 125 Å². The molecule has 0 saturated carbocycles. The van der Waals surface area contributed by atoms with Gasteiger partial charge in [0.15, 0.2) is 0 Å². The third kappa shape index (κ3) is 5.26. The predicted molar refractivity (Wildman–Crippen MR) is 145 cm³/mol. The molecular weight excluding hydrogens is 420 g/mol. The molecule has 33 heavy (non-hydrogen) atoms. The van der Waals surface area contributed by atoms with E-state index in [9.17, 15) is 0 Å². The summed E-state index contributed by atoms with van der Waals surface area (Å²) in [6.45, 7) is 13.0. The fourth-order valence-electron chi connectivity index (χ4n) is 4.46. The van der Waals surface area contributed by atoms with Gasteiger partial charge in [0, 0.05) is 21.2 Å². The molecule has 0 heterocycles. The zero-order valence-corrected chi connectivity index (χ0v) is 21.2. The molecule has 0 aliphatic rings. The highest BCUT2D eigenvalue weighted by molar-refractivity contribution is 7.99. The molecule has 4 aromatic rings. The minimum Gasteiger partial charge on any atom is -0.354 e. The lowest BCUT2D eigenvalue weighted by atomic mass is 10.0. The summed E-state index contributed by atoms with van der Waals surface area (Å²) >= 11 is 1.78. The largest absolute Gasteiger partial charge is 0.354 e. The van der Waals surface area contributed by atoms with Gasteiger partial charge in [-0.25, -0.2) is 0 Å². The van der Waals surface area contributed by atoms with Crippen molar-refractivity contribution in [2.45, 2.75) is 51.3 Å². The summed E-state index contributed by atoms with van der Waals surface area (Å²) in [5.74, 6) is 0. The van der Waals surface area contributed by atoms with Crippen LogP contribution in [0.5, 0.6) is 0 Å².